The number of likely N-dealkylation sites (N-methyl/N-ethyl adjacent to an activating group) is 1. The molecule has 0 spiro atoms. The normalized spacial score (nSPS) is 21.5. The minimum atomic E-state index is -0.0720. The molecule has 0 aliphatic carbocycles. The van der Waals surface area contributed by atoms with Crippen molar-refractivity contribution in [3.05, 3.63) is 69.0 Å². The molecule has 3 aliphatic heterocycles. The van der Waals surface area contributed by atoms with Crippen molar-refractivity contribution < 1.29 is 9.53 Å². The first kappa shape index (κ1) is 18.4. The van der Waals surface area contributed by atoms with Gasteiger partial charge in [-0.2, -0.15) is 0 Å². The van der Waals surface area contributed by atoms with Crippen LogP contribution in [0.15, 0.2) is 47.8 Å². The van der Waals surface area contributed by atoms with Gasteiger partial charge in [0.05, 0.1) is 23.8 Å². The molecule has 1 saturated heterocycles. The molecule has 7 heteroatoms. The summed E-state index contributed by atoms with van der Waals surface area (Å²) >= 11 is 13.1. The molecular formula is C20H21Cl2N3O2. The summed E-state index contributed by atoms with van der Waals surface area (Å²) in [6.07, 6.45) is 8.84. The van der Waals surface area contributed by atoms with Gasteiger partial charge >= 0.3 is 0 Å². The SMILES string of the molecule is CN1C(Cc2c(Cl)ccc(C(=O)N3CCOCC3)c2Cl)=CC2=CC=CNC21. The number of hydrogen-bond acceptors (Lipinski definition) is 4. The van der Waals surface area contributed by atoms with Crippen LogP contribution in [-0.2, 0) is 11.2 Å². The molecule has 0 bridgehead atoms. The first-order valence-electron chi connectivity index (χ1n) is 8.96. The highest BCUT2D eigenvalue weighted by atomic mass is 35.5. The minimum Gasteiger partial charge on any atom is -0.378 e. The molecule has 1 aromatic rings. The summed E-state index contributed by atoms with van der Waals surface area (Å²) in [6.45, 7) is 2.27. The highest BCUT2D eigenvalue weighted by Gasteiger charge is 2.29. The van der Waals surface area contributed by atoms with Gasteiger partial charge in [-0.05, 0) is 41.6 Å². The highest BCUT2D eigenvalue weighted by Crippen LogP contribution is 2.34. The van der Waals surface area contributed by atoms with Crippen LogP contribution in [0, 0.1) is 0 Å². The van der Waals surface area contributed by atoms with Crippen LogP contribution in [0.25, 0.3) is 0 Å². The Morgan fingerprint density at radius 3 is 2.81 bits per heavy atom. The zero-order valence-corrected chi connectivity index (χ0v) is 16.6. The lowest BCUT2D eigenvalue weighted by Gasteiger charge is -2.29. The molecule has 5 nitrogen and oxygen atoms in total. The first-order chi connectivity index (χ1) is 13.1. The first-order valence-corrected chi connectivity index (χ1v) is 9.72. The lowest BCUT2D eigenvalue weighted by molar-refractivity contribution is 0.0303. The maximum atomic E-state index is 12.9. The molecule has 0 radical (unpaired) electrons. The van der Waals surface area contributed by atoms with Gasteiger partial charge in [0.1, 0.15) is 6.17 Å². The van der Waals surface area contributed by atoms with Crippen molar-refractivity contribution in [1.29, 1.82) is 0 Å². The van der Waals surface area contributed by atoms with E-state index in [1.165, 1.54) is 5.57 Å². The highest BCUT2D eigenvalue weighted by molar-refractivity contribution is 6.38. The molecule has 0 aromatic heterocycles. The van der Waals surface area contributed by atoms with Crippen LogP contribution in [0.2, 0.25) is 10.0 Å². The van der Waals surface area contributed by atoms with Crippen molar-refractivity contribution in [3.63, 3.8) is 0 Å². The van der Waals surface area contributed by atoms with E-state index in [1.807, 2.05) is 19.3 Å². The Morgan fingerprint density at radius 2 is 2.07 bits per heavy atom. The Kier molecular flexibility index (Phi) is 5.17. The number of nitrogens with one attached hydrogen (secondary N) is 1. The van der Waals surface area contributed by atoms with Crippen LogP contribution in [-0.4, -0.2) is 55.2 Å². The molecular weight excluding hydrogens is 385 g/mol. The molecule has 1 amide bonds. The summed E-state index contributed by atoms with van der Waals surface area (Å²) in [5, 5.41) is 4.34. The molecule has 4 rings (SSSR count). The maximum Gasteiger partial charge on any atom is 0.255 e. The number of hydrogen-bond donors (Lipinski definition) is 1. The van der Waals surface area contributed by atoms with Gasteiger partial charge < -0.3 is 19.9 Å². The largest absolute Gasteiger partial charge is 0.378 e. The van der Waals surface area contributed by atoms with Gasteiger partial charge in [0.15, 0.2) is 0 Å². The van der Waals surface area contributed by atoms with Crippen molar-refractivity contribution in [2.24, 2.45) is 0 Å². The van der Waals surface area contributed by atoms with Crippen molar-refractivity contribution in [1.82, 2.24) is 15.1 Å². The van der Waals surface area contributed by atoms with E-state index < -0.39 is 0 Å². The average molecular weight is 406 g/mol. The van der Waals surface area contributed by atoms with Crippen LogP contribution in [0.1, 0.15) is 15.9 Å². The molecule has 142 valence electrons. The number of nitrogens with zero attached hydrogens (tertiary/aromatic N) is 2. The summed E-state index contributed by atoms with van der Waals surface area (Å²) in [5.41, 5.74) is 3.57. The van der Waals surface area contributed by atoms with Gasteiger partial charge in [-0.1, -0.05) is 29.3 Å². The molecule has 1 atom stereocenters. The van der Waals surface area contributed by atoms with Crippen LogP contribution >= 0.6 is 23.2 Å². The average Bonchev–Trinajstić information content (AvgIpc) is 3.01. The maximum absolute atomic E-state index is 12.9. The smallest absolute Gasteiger partial charge is 0.255 e. The molecule has 1 fully saturated rings. The second-order valence-corrected chi connectivity index (χ2v) is 7.60. The Morgan fingerprint density at radius 1 is 1.30 bits per heavy atom. The number of carbonyl (C=O) groups is 1. The van der Waals surface area contributed by atoms with Crippen LogP contribution in [0.5, 0.6) is 0 Å². The van der Waals surface area contributed by atoms with Crippen molar-refractivity contribution in [2.45, 2.75) is 12.6 Å². The minimum absolute atomic E-state index is 0.0720. The lowest BCUT2D eigenvalue weighted by Crippen LogP contribution is -2.40. The van der Waals surface area contributed by atoms with Crippen LogP contribution in [0.3, 0.4) is 0 Å². The van der Waals surface area contributed by atoms with Gasteiger partial charge in [0.25, 0.3) is 5.91 Å². The van der Waals surface area contributed by atoms with Gasteiger partial charge in [-0.25, -0.2) is 0 Å². The number of rotatable bonds is 3. The van der Waals surface area contributed by atoms with Gasteiger partial charge in [-0.15, -0.1) is 0 Å². The second-order valence-electron chi connectivity index (χ2n) is 6.81. The predicted octanol–water partition coefficient (Wildman–Crippen LogP) is 3.21. The molecule has 1 aromatic carbocycles. The number of ether oxygens (including phenoxy) is 1. The number of amides is 1. The topological polar surface area (TPSA) is 44.8 Å². The monoisotopic (exact) mass is 405 g/mol. The van der Waals surface area contributed by atoms with E-state index in [0.717, 1.165) is 11.3 Å². The van der Waals surface area contributed by atoms with E-state index in [2.05, 4.69) is 22.4 Å². The number of dihydropyridines is 1. The Bertz CT molecular complexity index is 857. The third kappa shape index (κ3) is 3.47. The summed E-state index contributed by atoms with van der Waals surface area (Å²) in [6, 6.07) is 3.48. The summed E-state index contributed by atoms with van der Waals surface area (Å²) in [4.78, 5) is 16.8. The fourth-order valence-corrected chi connectivity index (χ4v) is 4.22. The van der Waals surface area contributed by atoms with E-state index in [1.54, 1.807) is 17.0 Å². The number of fused-ring (bicyclic) bond motifs is 1. The second kappa shape index (κ2) is 7.58. The standard InChI is InChI=1S/C20H21Cl2N3O2/c1-24-14(11-13-3-2-6-23-19(13)24)12-16-17(21)5-4-15(18(16)22)20(26)25-7-9-27-10-8-25/h2-6,11,19,23H,7-10,12H2,1H3. The van der Waals surface area contributed by atoms with E-state index in [0.29, 0.717) is 48.3 Å². The Labute approximate surface area is 168 Å². The molecule has 3 aliphatic rings. The Hall–Kier alpha value is -1.95. The molecule has 1 N–H and O–H groups in total. The third-order valence-electron chi connectivity index (χ3n) is 5.20. The molecule has 3 heterocycles. The lowest BCUT2D eigenvalue weighted by atomic mass is 10.0. The van der Waals surface area contributed by atoms with Gasteiger partial charge in [-0.3, -0.25) is 4.79 Å². The summed E-state index contributed by atoms with van der Waals surface area (Å²) < 4.78 is 5.33. The van der Waals surface area contributed by atoms with Crippen molar-refractivity contribution >= 4 is 29.1 Å². The Balaban J connectivity index is 1.62. The zero-order chi connectivity index (χ0) is 19.0. The van der Waals surface area contributed by atoms with E-state index in [9.17, 15) is 4.79 Å². The van der Waals surface area contributed by atoms with Gasteiger partial charge in [0.2, 0.25) is 0 Å². The number of benzene rings is 1. The van der Waals surface area contributed by atoms with Gasteiger partial charge in [0, 0.05) is 37.3 Å². The van der Waals surface area contributed by atoms with Crippen molar-refractivity contribution in [2.75, 3.05) is 33.4 Å². The fraction of sp³-hybridized carbons (Fsp3) is 0.350. The number of morpholine rings is 1. The number of carbonyl (C=O) groups excluding carboxylic acids is 1. The molecule has 0 saturated carbocycles. The molecule has 1 unspecified atom stereocenters. The van der Waals surface area contributed by atoms with E-state index in [4.69, 9.17) is 27.9 Å². The summed E-state index contributed by atoms with van der Waals surface area (Å²) in [5.74, 6) is -0.0720. The number of allylic oxidation sites excluding steroid dienone is 3. The number of halogens is 2. The van der Waals surface area contributed by atoms with Crippen molar-refractivity contribution in [3.8, 4) is 0 Å². The zero-order valence-electron chi connectivity index (χ0n) is 15.0. The fourth-order valence-electron chi connectivity index (χ4n) is 3.63. The van der Waals surface area contributed by atoms with Crippen LogP contribution in [0.4, 0.5) is 0 Å². The van der Waals surface area contributed by atoms with E-state index >= 15 is 0 Å². The predicted molar refractivity (Wildman–Crippen MR) is 107 cm³/mol. The quantitative estimate of drug-likeness (QED) is 0.838. The van der Waals surface area contributed by atoms with E-state index in [-0.39, 0.29) is 12.1 Å². The molecule has 27 heavy (non-hydrogen) atoms. The summed E-state index contributed by atoms with van der Waals surface area (Å²) in [7, 11) is 2.04. The third-order valence-corrected chi connectivity index (χ3v) is 5.99. The van der Waals surface area contributed by atoms with Crippen LogP contribution < -0.4 is 5.32 Å².